The van der Waals surface area contributed by atoms with E-state index in [9.17, 15) is 5.26 Å². The van der Waals surface area contributed by atoms with Crippen molar-refractivity contribution in [2.75, 3.05) is 11.4 Å². The molecule has 2 unspecified atom stereocenters. The summed E-state index contributed by atoms with van der Waals surface area (Å²) in [6.07, 6.45) is 5.20. The van der Waals surface area contributed by atoms with Crippen molar-refractivity contribution in [3.05, 3.63) is 35.1 Å². The van der Waals surface area contributed by atoms with Crippen molar-refractivity contribution in [1.82, 2.24) is 19.7 Å². The van der Waals surface area contributed by atoms with E-state index in [-0.39, 0.29) is 6.04 Å². The quantitative estimate of drug-likeness (QED) is 0.796. The maximum Gasteiger partial charge on any atom is 0.153 e. The number of halogens is 1. The Balaban J connectivity index is 1.86. The lowest BCUT2D eigenvalue weighted by Gasteiger charge is -2.39. The molecule has 3 heterocycles. The van der Waals surface area contributed by atoms with E-state index in [1.807, 2.05) is 11.6 Å². The van der Waals surface area contributed by atoms with Crippen LogP contribution >= 0.6 is 11.6 Å². The van der Waals surface area contributed by atoms with Crippen molar-refractivity contribution >= 4 is 17.3 Å². The fourth-order valence-corrected chi connectivity index (χ4v) is 3.46. The van der Waals surface area contributed by atoms with Crippen LogP contribution in [0.15, 0.2) is 18.6 Å². The van der Waals surface area contributed by atoms with Crippen LogP contribution in [0.4, 0.5) is 5.69 Å². The van der Waals surface area contributed by atoms with Crippen LogP contribution in [-0.2, 0) is 7.05 Å². The third-order valence-corrected chi connectivity index (χ3v) is 4.55. The summed E-state index contributed by atoms with van der Waals surface area (Å²) in [5.74, 6) is 1.39. The molecule has 0 N–H and O–H groups in total. The van der Waals surface area contributed by atoms with Crippen LogP contribution in [0.5, 0.6) is 0 Å². The van der Waals surface area contributed by atoms with Crippen LogP contribution in [0.2, 0.25) is 5.15 Å². The predicted molar refractivity (Wildman–Crippen MR) is 83.7 cm³/mol. The third kappa shape index (κ3) is 2.53. The molecule has 0 saturated carbocycles. The lowest BCUT2D eigenvalue weighted by atomic mass is 9.90. The van der Waals surface area contributed by atoms with Crippen LogP contribution in [0.25, 0.3) is 0 Å². The minimum atomic E-state index is 0.254. The third-order valence-electron chi connectivity index (χ3n) is 4.27. The van der Waals surface area contributed by atoms with Gasteiger partial charge in [0.15, 0.2) is 5.15 Å². The van der Waals surface area contributed by atoms with Crippen molar-refractivity contribution in [3.8, 4) is 6.07 Å². The molecule has 2 atom stereocenters. The second-order valence-corrected chi connectivity index (χ2v) is 6.03. The Morgan fingerprint density at radius 3 is 2.91 bits per heavy atom. The smallest absolute Gasteiger partial charge is 0.153 e. The molecule has 0 radical (unpaired) electrons. The molecule has 7 heteroatoms. The van der Waals surface area contributed by atoms with E-state index in [0.29, 0.717) is 16.6 Å². The molecule has 0 aliphatic carbocycles. The molecule has 0 bridgehead atoms. The van der Waals surface area contributed by atoms with E-state index in [0.717, 1.165) is 30.9 Å². The van der Waals surface area contributed by atoms with E-state index in [1.54, 1.807) is 18.6 Å². The second kappa shape index (κ2) is 5.93. The summed E-state index contributed by atoms with van der Waals surface area (Å²) in [5.41, 5.74) is 1.32. The molecule has 2 aromatic rings. The number of hydrogen-bond acceptors (Lipinski definition) is 5. The maximum absolute atomic E-state index is 9.31. The Bertz CT molecular complexity index is 719. The van der Waals surface area contributed by atoms with Gasteiger partial charge in [-0.15, -0.1) is 10.2 Å². The van der Waals surface area contributed by atoms with Crippen molar-refractivity contribution in [2.45, 2.75) is 31.7 Å². The number of piperidine rings is 1. The second-order valence-electron chi connectivity index (χ2n) is 5.67. The molecule has 6 nitrogen and oxygen atoms in total. The standard InChI is InChI=1S/C15H17ClN6/c1-10-7-11(15-20-19-9-21(15)2)4-6-22(10)13-12(8-17)3-5-18-14(13)16/h3,5,9-11H,4,6-7H2,1-2H3. The van der Waals surface area contributed by atoms with E-state index in [2.05, 4.69) is 33.1 Å². The molecular formula is C15H17ClN6. The van der Waals surface area contributed by atoms with E-state index in [1.165, 1.54) is 0 Å². The number of nitrogens with zero attached hydrogens (tertiary/aromatic N) is 6. The zero-order valence-corrected chi connectivity index (χ0v) is 13.3. The van der Waals surface area contributed by atoms with E-state index < -0.39 is 0 Å². The van der Waals surface area contributed by atoms with Gasteiger partial charge in [0, 0.05) is 31.7 Å². The zero-order valence-electron chi connectivity index (χ0n) is 12.6. The first kappa shape index (κ1) is 14.8. The average Bonchev–Trinajstić information content (AvgIpc) is 2.93. The number of pyridine rings is 1. The van der Waals surface area contributed by atoms with Crippen LogP contribution < -0.4 is 4.90 Å². The molecule has 0 amide bonds. The van der Waals surface area contributed by atoms with Gasteiger partial charge in [0.2, 0.25) is 0 Å². The Labute approximate surface area is 134 Å². The first-order valence-corrected chi connectivity index (χ1v) is 7.64. The fraction of sp³-hybridized carbons (Fsp3) is 0.467. The highest BCUT2D eigenvalue weighted by molar-refractivity contribution is 6.32. The number of aryl methyl sites for hydroxylation is 1. The maximum atomic E-state index is 9.31. The number of hydrogen-bond donors (Lipinski definition) is 0. The molecule has 0 aromatic carbocycles. The van der Waals surface area contributed by atoms with Gasteiger partial charge >= 0.3 is 0 Å². The monoisotopic (exact) mass is 316 g/mol. The van der Waals surface area contributed by atoms with Gasteiger partial charge in [0.05, 0.1) is 11.3 Å². The van der Waals surface area contributed by atoms with Crippen LogP contribution in [0.1, 0.15) is 37.1 Å². The van der Waals surface area contributed by atoms with Gasteiger partial charge in [0.25, 0.3) is 0 Å². The molecule has 2 aromatic heterocycles. The molecule has 0 spiro atoms. The zero-order chi connectivity index (χ0) is 15.7. The SMILES string of the molecule is CC1CC(c2nncn2C)CCN1c1c(C#N)ccnc1Cl. The summed E-state index contributed by atoms with van der Waals surface area (Å²) in [6, 6.07) is 4.17. The number of aromatic nitrogens is 4. The lowest BCUT2D eigenvalue weighted by Crippen LogP contribution is -2.41. The Hall–Kier alpha value is -2.13. The Morgan fingerprint density at radius 1 is 1.45 bits per heavy atom. The predicted octanol–water partition coefficient (Wildman–Crippen LogP) is 2.51. The first-order valence-electron chi connectivity index (χ1n) is 7.27. The van der Waals surface area contributed by atoms with Gasteiger partial charge in [-0.1, -0.05) is 11.6 Å². The summed E-state index contributed by atoms with van der Waals surface area (Å²) in [6.45, 7) is 2.96. The van der Waals surface area contributed by atoms with Crippen molar-refractivity contribution in [2.24, 2.45) is 7.05 Å². The van der Waals surface area contributed by atoms with Gasteiger partial charge in [-0.3, -0.25) is 0 Å². The summed E-state index contributed by atoms with van der Waals surface area (Å²) in [4.78, 5) is 6.31. The lowest BCUT2D eigenvalue weighted by molar-refractivity contribution is 0.410. The minimum absolute atomic E-state index is 0.254. The molecule has 22 heavy (non-hydrogen) atoms. The molecule has 114 valence electrons. The molecule has 1 saturated heterocycles. The number of anilines is 1. The van der Waals surface area contributed by atoms with Gasteiger partial charge in [-0.2, -0.15) is 5.26 Å². The van der Waals surface area contributed by atoms with E-state index in [4.69, 9.17) is 11.6 Å². The molecule has 1 aliphatic rings. The Morgan fingerprint density at radius 2 is 2.27 bits per heavy atom. The summed E-state index contributed by atoms with van der Waals surface area (Å²) in [5, 5.41) is 17.9. The molecule has 1 aliphatic heterocycles. The fourth-order valence-electron chi connectivity index (χ4n) is 3.19. The highest BCUT2D eigenvalue weighted by Gasteiger charge is 2.31. The van der Waals surface area contributed by atoms with E-state index >= 15 is 0 Å². The first-order chi connectivity index (χ1) is 10.6. The van der Waals surface area contributed by atoms with Gasteiger partial charge in [0.1, 0.15) is 18.2 Å². The highest BCUT2D eigenvalue weighted by atomic mass is 35.5. The van der Waals surface area contributed by atoms with Crippen molar-refractivity contribution in [1.29, 1.82) is 5.26 Å². The van der Waals surface area contributed by atoms with Crippen LogP contribution in [0, 0.1) is 11.3 Å². The average molecular weight is 317 g/mol. The van der Waals surface area contributed by atoms with Crippen molar-refractivity contribution < 1.29 is 0 Å². The molecule has 1 fully saturated rings. The van der Waals surface area contributed by atoms with Gasteiger partial charge in [-0.25, -0.2) is 4.98 Å². The molecule has 3 rings (SSSR count). The molecular weight excluding hydrogens is 300 g/mol. The van der Waals surface area contributed by atoms with Crippen LogP contribution in [-0.4, -0.2) is 32.3 Å². The summed E-state index contributed by atoms with van der Waals surface area (Å²) in [7, 11) is 1.97. The minimum Gasteiger partial charge on any atom is -0.365 e. The summed E-state index contributed by atoms with van der Waals surface area (Å²) >= 11 is 6.24. The topological polar surface area (TPSA) is 70.6 Å². The highest BCUT2D eigenvalue weighted by Crippen LogP contribution is 2.37. The Kier molecular flexibility index (Phi) is 3.99. The summed E-state index contributed by atoms with van der Waals surface area (Å²) < 4.78 is 1.98. The van der Waals surface area contributed by atoms with Crippen LogP contribution in [0.3, 0.4) is 0 Å². The van der Waals surface area contributed by atoms with Gasteiger partial charge < -0.3 is 9.47 Å². The normalized spacial score (nSPS) is 21.6. The van der Waals surface area contributed by atoms with Gasteiger partial charge in [-0.05, 0) is 25.8 Å². The van der Waals surface area contributed by atoms with Crippen molar-refractivity contribution in [3.63, 3.8) is 0 Å². The number of nitriles is 1. The largest absolute Gasteiger partial charge is 0.365 e. The number of rotatable bonds is 2.